The summed E-state index contributed by atoms with van der Waals surface area (Å²) in [7, 11) is 0. The number of hydrogen-bond acceptors (Lipinski definition) is 2. The van der Waals surface area contributed by atoms with Crippen LogP contribution in [0.1, 0.15) is 16.1 Å². The van der Waals surface area contributed by atoms with Gasteiger partial charge in [0.2, 0.25) is 5.78 Å². The maximum atomic E-state index is 11.9. The molecule has 0 saturated heterocycles. The average Bonchev–Trinajstić information content (AvgIpc) is 2.33. The largest absolute Gasteiger partial charge is 0.290 e. The third-order valence-electron chi connectivity index (χ3n) is 2.41. The van der Waals surface area contributed by atoms with E-state index in [2.05, 4.69) is 4.98 Å². The molecule has 0 aliphatic rings. The number of ketones is 1. The number of hydrogen-bond donors (Lipinski definition) is 0. The lowest BCUT2D eigenvalue weighted by molar-refractivity contribution is -0.686. The minimum absolute atomic E-state index is 0.0392. The standard InChI is InChI=1S/C13H12ClN2O/c1-10-6-7-16(9-15-10)8-13(17)11-2-4-12(14)5-3-11/h2-7,9H,8H2,1H3/q+1. The van der Waals surface area contributed by atoms with Crippen LogP contribution >= 0.6 is 11.6 Å². The van der Waals surface area contributed by atoms with Crippen LogP contribution in [0.4, 0.5) is 0 Å². The Balaban J connectivity index is 2.11. The normalized spacial score (nSPS) is 10.2. The first kappa shape index (κ1) is 11.7. The lowest BCUT2D eigenvalue weighted by Gasteiger charge is -2.00. The van der Waals surface area contributed by atoms with Gasteiger partial charge >= 0.3 is 0 Å². The van der Waals surface area contributed by atoms with E-state index in [1.165, 1.54) is 0 Å². The van der Waals surface area contributed by atoms with Crippen LogP contribution in [0.2, 0.25) is 5.02 Å². The van der Waals surface area contributed by atoms with Crippen molar-refractivity contribution in [3.8, 4) is 0 Å². The predicted octanol–water partition coefficient (Wildman–Crippen LogP) is 2.21. The van der Waals surface area contributed by atoms with Crippen molar-refractivity contribution in [2.24, 2.45) is 0 Å². The number of nitrogens with zero attached hydrogens (tertiary/aromatic N) is 2. The van der Waals surface area contributed by atoms with Crippen LogP contribution < -0.4 is 4.57 Å². The van der Waals surface area contributed by atoms with E-state index in [0.29, 0.717) is 10.6 Å². The molecule has 0 bridgehead atoms. The molecule has 0 atom stereocenters. The fraction of sp³-hybridized carbons (Fsp3) is 0.154. The summed E-state index contributed by atoms with van der Waals surface area (Å²) in [6.07, 6.45) is 3.50. The van der Waals surface area contributed by atoms with Gasteiger partial charge in [0.15, 0.2) is 12.2 Å². The highest BCUT2D eigenvalue weighted by Crippen LogP contribution is 2.09. The van der Waals surface area contributed by atoms with Gasteiger partial charge in [0, 0.05) is 23.6 Å². The van der Waals surface area contributed by atoms with Crippen LogP contribution in [-0.4, -0.2) is 10.8 Å². The molecule has 1 aromatic heterocycles. The highest BCUT2D eigenvalue weighted by Gasteiger charge is 2.09. The molecule has 0 N–H and O–H groups in total. The number of halogens is 1. The summed E-state index contributed by atoms with van der Waals surface area (Å²) in [4.78, 5) is 16.0. The molecule has 4 heteroatoms. The zero-order valence-electron chi connectivity index (χ0n) is 9.43. The van der Waals surface area contributed by atoms with E-state index < -0.39 is 0 Å². The van der Waals surface area contributed by atoms with Crippen LogP contribution in [0, 0.1) is 6.92 Å². The molecule has 0 saturated carbocycles. The molecule has 2 rings (SSSR count). The summed E-state index contributed by atoms with van der Waals surface area (Å²) < 4.78 is 1.75. The summed E-state index contributed by atoms with van der Waals surface area (Å²) in [5.74, 6) is 0.0392. The number of Topliss-reactive ketones (excluding diaryl/α,β-unsaturated/α-hetero) is 1. The molecule has 17 heavy (non-hydrogen) atoms. The van der Waals surface area contributed by atoms with Crippen molar-refractivity contribution in [3.63, 3.8) is 0 Å². The number of carbonyl (C=O) groups excluding carboxylic acids is 1. The topological polar surface area (TPSA) is 33.8 Å². The number of aromatic nitrogens is 2. The second kappa shape index (κ2) is 5.06. The second-order valence-corrected chi connectivity index (χ2v) is 4.24. The van der Waals surface area contributed by atoms with Gasteiger partial charge in [-0.2, -0.15) is 0 Å². The van der Waals surface area contributed by atoms with E-state index in [4.69, 9.17) is 11.6 Å². The molecule has 0 radical (unpaired) electrons. The molecule has 86 valence electrons. The molecular formula is C13H12ClN2O+. The van der Waals surface area contributed by atoms with Crippen molar-refractivity contribution in [1.82, 2.24) is 4.98 Å². The molecule has 0 unspecified atom stereocenters. The minimum atomic E-state index is 0.0392. The third kappa shape index (κ3) is 3.11. The number of benzene rings is 1. The minimum Gasteiger partial charge on any atom is -0.290 e. The maximum Gasteiger partial charge on any atom is 0.286 e. The van der Waals surface area contributed by atoms with Crippen molar-refractivity contribution in [2.75, 3.05) is 0 Å². The molecule has 0 amide bonds. The molecule has 3 nitrogen and oxygen atoms in total. The maximum absolute atomic E-state index is 11.9. The van der Waals surface area contributed by atoms with E-state index in [-0.39, 0.29) is 12.3 Å². The highest BCUT2D eigenvalue weighted by atomic mass is 35.5. The van der Waals surface area contributed by atoms with Crippen molar-refractivity contribution in [2.45, 2.75) is 13.5 Å². The number of rotatable bonds is 3. The summed E-state index contributed by atoms with van der Waals surface area (Å²) in [5, 5.41) is 0.631. The van der Waals surface area contributed by atoms with Gasteiger partial charge in [0.05, 0.1) is 6.20 Å². The lowest BCUT2D eigenvalue weighted by Crippen LogP contribution is -2.37. The molecule has 1 heterocycles. The molecular weight excluding hydrogens is 236 g/mol. The Labute approximate surface area is 105 Å². The summed E-state index contributed by atoms with van der Waals surface area (Å²) in [6, 6.07) is 8.76. The monoisotopic (exact) mass is 247 g/mol. The highest BCUT2D eigenvalue weighted by molar-refractivity contribution is 6.30. The first-order valence-corrected chi connectivity index (χ1v) is 5.63. The molecule has 1 aromatic carbocycles. The van der Waals surface area contributed by atoms with Crippen molar-refractivity contribution >= 4 is 17.4 Å². The van der Waals surface area contributed by atoms with E-state index in [0.717, 1.165) is 5.69 Å². The Morgan fingerprint density at radius 2 is 2.00 bits per heavy atom. The molecule has 2 aromatic rings. The van der Waals surface area contributed by atoms with Crippen molar-refractivity contribution in [1.29, 1.82) is 0 Å². The summed E-state index contributed by atoms with van der Waals surface area (Å²) in [5.41, 5.74) is 1.59. The zero-order valence-corrected chi connectivity index (χ0v) is 10.2. The van der Waals surface area contributed by atoms with Crippen LogP contribution in [0.3, 0.4) is 0 Å². The van der Waals surface area contributed by atoms with E-state index in [1.54, 1.807) is 35.2 Å². The number of aryl methyl sites for hydroxylation is 1. The Morgan fingerprint density at radius 1 is 1.29 bits per heavy atom. The zero-order chi connectivity index (χ0) is 12.3. The van der Waals surface area contributed by atoms with Gasteiger partial charge in [-0.3, -0.25) is 4.79 Å². The van der Waals surface area contributed by atoms with E-state index in [1.807, 2.05) is 19.2 Å². The third-order valence-corrected chi connectivity index (χ3v) is 2.66. The fourth-order valence-electron chi connectivity index (χ4n) is 1.44. The first-order chi connectivity index (χ1) is 8.15. The van der Waals surface area contributed by atoms with Gasteiger partial charge in [-0.25, -0.2) is 4.57 Å². The van der Waals surface area contributed by atoms with Gasteiger partial charge in [-0.05, 0) is 24.3 Å². The Morgan fingerprint density at radius 3 is 2.59 bits per heavy atom. The van der Waals surface area contributed by atoms with Gasteiger partial charge < -0.3 is 0 Å². The van der Waals surface area contributed by atoms with Crippen LogP contribution in [-0.2, 0) is 6.54 Å². The van der Waals surface area contributed by atoms with Gasteiger partial charge in [-0.1, -0.05) is 16.6 Å². The van der Waals surface area contributed by atoms with E-state index in [9.17, 15) is 4.79 Å². The lowest BCUT2D eigenvalue weighted by atomic mass is 10.1. The predicted molar refractivity (Wildman–Crippen MR) is 65.0 cm³/mol. The van der Waals surface area contributed by atoms with Crippen molar-refractivity contribution in [3.05, 3.63) is 59.1 Å². The Hall–Kier alpha value is -1.74. The molecule has 0 aliphatic carbocycles. The summed E-state index contributed by atoms with van der Waals surface area (Å²) in [6.45, 7) is 2.19. The fourth-order valence-corrected chi connectivity index (χ4v) is 1.56. The Bertz CT molecular complexity index is 520. The van der Waals surface area contributed by atoms with Crippen LogP contribution in [0.5, 0.6) is 0 Å². The quantitative estimate of drug-likeness (QED) is 0.616. The van der Waals surface area contributed by atoms with Crippen LogP contribution in [0.25, 0.3) is 0 Å². The van der Waals surface area contributed by atoms with Gasteiger partial charge in [0.25, 0.3) is 6.33 Å². The number of carbonyl (C=O) groups is 1. The van der Waals surface area contributed by atoms with Gasteiger partial charge in [-0.15, -0.1) is 0 Å². The Kier molecular flexibility index (Phi) is 3.49. The molecule has 0 fully saturated rings. The summed E-state index contributed by atoms with van der Waals surface area (Å²) >= 11 is 5.77. The average molecular weight is 248 g/mol. The first-order valence-electron chi connectivity index (χ1n) is 5.25. The smallest absolute Gasteiger partial charge is 0.286 e. The SMILES string of the molecule is Cc1cc[n+](CC(=O)c2ccc(Cl)cc2)cn1. The van der Waals surface area contributed by atoms with Gasteiger partial charge in [0.1, 0.15) is 0 Å². The second-order valence-electron chi connectivity index (χ2n) is 3.80. The van der Waals surface area contributed by atoms with Crippen molar-refractivity contribution < 1.29 is 9.36 Å². The van der Waals surface area contributed by atoms with E-state index >= 15 is 0 Å². The van der Waals surface area contributed by atoms with Crippen LogP contribution in [0.15, 0.2) is 42.9 Å². The molecule has 0 aliphatic heterocycles. The molecule has 0 spiro atoms.